The predicted octanol–water partition coefficient (Wildman–Crippen LogP) is 2.66. The number of amides is 1. The molecule has 4 N–H and O–H groups in total. The van der Waals surface area contributed by atoms with Crippen molar-refractivity contribution >= 4 is 21.6 Å². The van der Waals surface area contributed by atoms with E-state index in [1.807, 2.05) is 25.1 Å². The molecule has 0 radical (unpaired) electrons. The molecule has 0 saturated carbocycles. The lowest BCUT2D eigenvalue weighted by Crippen LogP contribution is -2.93. The first-order chi connectivity index (χ1) is 13.6. The molecule has 6 nitrogen and oxygen atoms in total. The summed E-state index contributed by atoms with van der Waals surface area (Å²) < 4.78 is 26.9. The largest absolute Gasteiger partial charge is 0.330 e. The van der Waals surface area contributed by atoms with Crippen LogP contribution in [0.3, 0.4) is 0 Å². The van der Waals surface area contributed by atoms with Gasteiger partial charge in [-0.15, -0.1) is 0 Å². The van der Waals surface area contributed by atoms with Gasteiger partial charge in [-0.1, -0.05) is 44.2 Å². The van der Waals surface area contributed by atoms with Crippen molar-refractivity contribution in [3.8, 4) is 0 Å². The van der Waals surface area contributed by atoms with Gasteiger partial charge in [0, 0.05) is 23.2 Å². The maximum absolute atomic E-state index is 12.7. The van der Waals surface area contributed by atoms with Gasteiger partial charge in [-0.25, -0.2) is 13.1 Å². The summed E-state index contributed by atoms with van der Waals surface area (Å²) in [5, 5.41) is 4.94. The van der Waals surface area contributed by atoms with Gasteiger partial charge in [-0.05, 0) is 45.0 Å². The van der Waals surface area contributed by atoms with Crippen molar-refractivity contribution in [1.82, 2.24) is 4.72 Å². The van der Waals surface area contributed by atoms with Crippen LogP contribution in [0.5, 0.6) is 0 Å². The Morgan fingerprint density at radius 3 is 2.00 bits per heavy atom. The molecule has 0 heterocycles. The summed E-state index contributed by atoms with van der Waals surface area (Å²) in [5.41, 5.74) is 1.76. The summed E-state index contributed by atoms with van der Waals surface area (Å²) in [6.07, 6.45) is 0. The van der Waals surface area contributed by atoms with E-state index in [9.17, 15) is 13.2 Å². The monoisotopic (exact) mass is 418 g/mol. The molecular weight excluding hydrogens is 386 g/mol. The zero-order valence-electron chi connectivity index (χ0n) is 17.7. The molecule has 29 heavy (non-hydrogen) atoms. The van der Waals surface area contributed by atoms with Crippen LogP contribution < -0.4 is 15.4 Å². The fourth-order valence-electron chi connectivity index (χ4n) is 3.14. The van der Waals surface area contributed by atoms with Crippen molar-refractivity contribution in [2.45, 2.75) is 57.6 Å². The molecule has 1 amide bonds. The predicted molar refractivity (Wildman–Crippen MR) is 116 cm³/mol. The van der Waals surface area contributed by atoms with Gasteiger partial charge in [0.2, 0.25) is 10.0 Å². The van der Waals surface area contributed by atoms with Crippen LogP contribution in [0.15, 0.2) is 59.5 Å². The Labute approximate surface area is 174 Å². The fraction of sp³-hybridized carbons (Fsp3) is 0.409. The Bertz CT molecular complexity index is 895. The molecule has 0 aliphatic heterocycles. The van der Waals surface area contributed by atoms with Crippen molar-refractivity contribution in [3.63, 3.8) is 0 Å². The molecule has 0 aromatic heterocycles. The normalized spacial score (nSPS) is 14.0. The Balaban J connectivity index is 2.03. The van der Waals surface area contributed by atoms with Gasteiger partial charge in [0.15, 0.2) is 6.04 Å². The van der Waals surface area contributed by atoms with Crippen molar-refractivity contribution < 1.29 is 18.5 Å². The smallest absolute Gasteiger partial charge is 0.282 e. The molecule has 0 fully saturated rings. The Morgan fingerprint density at radius 1 is 0.897 bits per heavy atom. The summed E-state index contributed by atoms with van der Waals surface area (Å²) in [7, 11) is -3.55. The number of carbonyl (C=O) groups excluding carboxylic acids is 1. The first-order valence-corrected chi connectivity index (χ1v) is 11.4. The number of rotatable bonds is 9. The topological polar surface area (TPSA) is 91.9 Å². The molecular formula is C22H32N3O3S+. The van der Waals surface area contributed by atoms with Gasteiger partial charge in [-0.2, -0.15) is 0 Å². The van der Waals surface area contributed by atoms with E-state index in [1.165, 1.54) is 17.7 Å². The minimum Gasteiger partial charge on any atom is -0.330 e. The van der Waals surface area contributed by atoms with Gasteiger partial charge in [-0.3, -0.25) is 4.79 Å². The lowest BCUT2D eigenvalue weighted by Gasteiger charge is -2.23. The molecule has 0 aliphatic carbocycles. The Morgan fingerprint density at radius 2 is 1.48 bits per heavy atom. The lowest BCUT2D eigenvalue weighted by atomic mass is 9.95. The van der Waals surface area contributed by atoms with Gasteiger partial charge >= 0.3 is 0 Å². The van der Waals surface area contributed by atoms with Crippen LogP contribution in [0, 0.1) is 5.92 Å². The molecule has 0 bridgehead atoms. The van der Waals surface area contributed by atoms with E-state index >= 15 is 0 Å². The lowest BCUT2D eigenvalue weighted by molar-refractivity contribution is -0.718. The molecule has 2 rings (SSSR count). The third kappa shape index (κ3) is 6.66. The van der Waals surface area contributed by atoms with Gasteiger partial charge < -0.3 is 10.6 Å². The van der Waals surface area contributed by atoms with Crippen LogP contribution in [0.2, 0.25) is 0 Å². The van der Waals surface area contributed by atoms with Crippen LogP contribution in [0.1, 0.15) is 46.2 Å². The average Bonchev–Trinajstić information content (AvgIpc) is 2.65. The van der Waals surface area contributed by atoms with E-state index in [4.69, 9.17) is 0 Å². The number of benzene rings is 2. The van der Waals surface area contributed by atoms with E-state index in [1.54, 1.807) is 26.0 Å². The number of sulfonamides is 1. The summed E-state index contributed by atoms with van der Waals surface area (Å²) in [5.74, 6) is 0.244. The molecule has 0 unspecified atom stereocenters. The third-order valence-electron chi connectivity index (χ3n) is 4.64. The van der Waals surface area contributed by atoms with Gasteiger partial charge in [0.1, 0.15) is 6.04 Å². The molecule has 0 saturated heterocycles. The van der Waals surface area contributed by atoms with Gasteiger partial charge in [0.05, 0.1) is 4.90 Å². The number of nitrogens with one attached hydrogen (secondary N) is 2. The average molecular weight is 419 g/mol. The van der Waals surface area contributed by atoms with E-state index in [2.05, 4.69) is 41.3 Å². The minimum absolute atomic E-state index is 0.123. The minimum atomic E-state index is -3.55. The summed E-state index contributed by atoms with van der Waals surface area (Å²) >= 11 is 0. The number of quaternary nitrogens is 1. The molecule has 158 valence electrons. The van der Waals surface area contributed by atoms with Crippen LogP contribution in [0.4, 0.5) is 5.69 Å². The summed E-state index contributed by atoms with van der Waals surface area (Å²) in [4.78, 5) is 12.8. The SMILES string of the molecule is CC(C)NS(=O)(=O)c1ccc(NC(=O)[C@@H](C)[NH2+][C@H](c2ccccc2)C(C)C)cc1. The molecule has 0 aliphatic rings. The maximum Gasteiger partial charge on any atom is 0.282 e. The van der Waals surface area contributed by atoms with Crippen LogP contribution >= 0.6 is 0 Å². The zero-order valence-corrected chi connectivity index (χ0v) is 18.5. The quantitative estimate of drug-likeness (QED) is 0.585. The second-order valence-electron chi connectivity index (χ2n) is 7.95. The summed E-state index contributed by atoms with van der Waals surface area (Å²) in [6.45, 7) is 9.69. The van der Waals surface area contributed by atoms with E-state index < -0.39 is 10.0 Å². The molecule has 2 aromatic carbocycles. The molecule has 2 aromatic rings. The zero-order chi connectivity index (χ0) is 21.6. The van der Waals surface area contributed by atoms with Gasteiger partial charge in [0.25, 0.3) is 5.91 Å². The fourth-order valence-corrected chi connectivity index (χ4v) is 4.39. The highest BCUT2D eigenvalue weighted by Gasteiger charge is 2.26. The maximum atomic E-state index is 12.7. The number of hydrogen-bond acceptors (Lipinski definition) is 3. The highest BCUT2D eigenvalue weighted by atomic mass is 32.2. The van der Waals surface area contributed by atoms with Crippen molar-refractivity contribution in [3.05, 3.63) is 60.2 Å². The number of hydrogen-bond donors (Lipinski definition) is 3. The number of anilines is 1. The highest BCUT2D eigenvalue weighted by Crippen LogP contribution is 2.18. The summed E-state index contributed by atoms with van der Waals surface area (Å²) in [6, 6.07) is 16.1. The van der Waals surface area contributed by atoms with Crippen LogP contribution in [-0.2, 0) is 14.8 Å². The standard InChI is InChI=1S/C22H31N3O3S/c1-15(2)21(18-9-7-6-8-10-18)23-17(5)22(26)24-19-11-13-20(14-12-19)29(27,28)25-16(3)4/h6-17,21,23,25H,1-5H3,(H,24,26)/p+1/t17-,21+/m1/s1. The molecule has 0 spiro atoms. The highest BCUT2D eigenvalue weighted by molar-refractivity contribution is 7.89. The van der Waals surface area contributed by atoms with E-state index in [0.29, 0.717) is 11.6 Å². The third-order valence-corrected chi connectivity index (χ3v) is 6.31. The Hall–Kier alpha value is -2.22. The van der Waals surface area contributed by atoms with Crippen LogP contribution in [-0.4, -0.2) is 26.4 Å². The van der Waals surface area contributed by atoms with Crippen molar-refractivity contribution in [2.75, 3.05) is 5.32 Å². The first kappa shape index (κ1) is 23.1. The molecule has 7 heteroatoms. The van der Waals surface area contributed by atoms with E-state index in [-0.39, 0.29) is 28.9 Å². The second-order valence-corrected chi connectivity index (χ2v) is 9.67. The first-order valence-electron chi connectivity index (χ1n) is 9.93. The molecule has 2 atom stereocenters. The van der Waals surface area contributed by atoms with E-state index in [0.717, 1.165) is 0 Å². The Kier molecular flexibility index (Phi) is 7.96. The van der Waals surface area contributed by atoms with Crippen molar-refractivity contribution in [1.29, 1.82) is 0 Å². The second kappa shape index (κ2) is 10.0. The number of carbonyl (C=O) groups is 1. The van der Waals surface area contributed by atoms with Crippen molar-refractivity contribution in [2.24, 2.45) is 5.92 Å². The number of nitrogens with two attached hydrogens (primary N) is 1. The van der Waals surface area contributed by atoms with Crippen LogP contribution in [0.25, 0.3) is 0 Å².